The van der Waals surface area contributed by atoms with Crippen LogP contribution in [0.5, 0.6) is 0 Å². The van der Waals surface area contributed by atoms with E-state index in [2.05, 4.69) is 31.9 Å². The second-order valence-electron chi connectivity index (χ2n) is 4.28. The molecule has 0 fully saturated rings. The average Bonchev–Trinajstić information content (AvgIpc) is 2.95. The minimum atomic E-state index is -0.147. The summed E-state index contributed by atoms with van der Waals surface area (Å²) in [5, 5.41) is 0.884. The van der Waals surface area contributed by atoms with Gasteiger partial charge in [0.1, 0.15) is 4.88 Å². The fraction of sp³-hybridized carbons (Fsp3) is 0.333. The van der Waals surface area contributed by atoms with E-state index in [-0.39, 0.29) is 11.8 Å². The molecule has 0 spiro atoms. The molecule has 0 atom stereocenters. The molecule has 3 heterocycles. The van der Waals surface area contributed by atoms with E-state index in [0.717, 1.165) is 30.5 Å². The molecule has 19 heavy (non-hydrogen) atoms. The lowest BCUT2D eigenvalue weighted by Crippen LogP contribution is -2.30. The summed E-state index contributed by atoms with van der Waals surface area (Å²) in [4.78, 5) is 26.7. The third-order valence-electron chi connectivity index (χ3n) is 3.10. The average molecular weight is 423 g/mol. The quantitative estimate of drug-likeness (QED) is 0.660. The van der Waals surface area contributed by atoms with Crippen LogP contribution in [-0.2, 0) is 0 Å². The number of fused-ring (bicyclic) bond motifs is 3. The lowest BCUT2D eigenvalue weighted by molar-refractivity contribution is 0.0654. The molecule has 2 aromatic heterocycles. The number of rotatable bonds is 3. The highest BCUT2D eigenvalue weighted by atomic mass is 79.9. The van der Waals surface area contributed by atoms with E-state index in [1.807, 2.05) is 6.92 Å². The smallest absolute Gasteiger partial charge is 0.271 e. The van der Waals surface area contributed by atoms with Crippen molar-refractivity contribution in [1.29, 1.82) is 0 Å². The summed E-state index contributed by atoms with van der Waals surface area (Å²) in [6.45, 7) is 2.56. The predicted molar refractivity (Wildman–Crippen MR) is 85.4 cm³/mol. The van der Waals surface area contributed by atoms with Gasteiger partial charge in [-0.25, -0.2) is 0 Å². The number of amides is 2. The van der Waals surface area contributed by atoms with Crippen LogP contribution >= 0.6 is 54.5 Å². The van der Waals surface area contributed by atoms with E-state index in [0.29, 0.717) is 17.0 Å². The van der Waals surface area contributed by atoms with E-state index in [1.165, 1.54) is 27.6 Å². The van der Waals surface area contributed by atoms with Crippen molar-refractivity contribution in [2.75, 3.05) is 6.54 Å². The first kappa shape index (κ1) is 13.7. The van der Waals surface area contributed by atoms with Crippen molar-refractivity contribution in [2.45, 2.75) is 19.8 Å². The summed E-state index contributed by atoms with van der Waals surface area (Å²) >= 11 is 9.91. The molecule has 0 aromatic carbocycles. The van der Waals surface area contributed by atoms with Gasteiger partial charge in [0.2, 0.25) is 0 Å². The monoisotopic (exact) mass is 421 g/mol. The maximum absolute atomic E-state index is 12.4. The fourth-order valence-electron chi connectivity index (χ4n) is 2.16. The minimum absolute atomic E-state index is 0.140. The van der Waals surface area contributed by atoms with Crippen molar-refractivity contribution >= 4 is 76.4 Å². The number of imide groups is 1. The molecule has 0 bridgehead atoms. The van der Waals surface area contributed by atoms with Gasteiger partial charge in [-0.1, -0.05) is 13.3 Å². The van der Waals surface area contributed by atoms with Crippen LogP contribution in [0.4, 0.5) is 0 Å². The zero-order valence-corrected chi connectivity index (χ0v) is 14.8. The first-order valence-corrected chi connectivity index (χ1v) is 9.04. The molecule has 0 unspecified atom stereocenters. The van der Waals surface area contributed by atoms with Gasteiger partial charge in [-0.2, -0.15) is 0 Å². The van der Waals surface area contributed by atoms with Gasteiger partial charge < -0.3 is 0 Å². The number of unbranched alkanes of at least 4 members (excludes halogenated alkanes) is 1. The number of hydrogen-bond donors (Lipinski definition) is 0. The van der Waals surface area contributed by atoms with Gasteiger partial charge in [0.25, 0.3) is 11.8 Å². The molecule has 1 aliphatic heterocycles. The number of nitrogens with zero attached hydrogens (tertiary/aromatic N) is 1. The van der Waals surface area contributed by atoms with Crippen LogP contribution in [0.25, 0.3) is 10.1 Å². The van der Waals surface area contributed by atoms with E-state index in [4.69, 9.17) is 0 Å². The van der Waals surface area contributed by atoms with E-state index >= 15 is 0 Å². The molecule has 0 radical (unpaired) electrons. The number of carbonyl (C=O) groups excluding carboxylic acids is 2. The Labute approximate surface area is 134 Å². The Morgan fingerprint density at radius 1 is 1.11 bits per heavy atom. The van der Waals surface area contributed by atoms with Gasteiger partial charge in [-0.05, 0) is 38.3 Å². The number of hydrogen-bond acceptors (Lipinski definition) is 4. The maximum Gasteiger partial charge on any atom is 0.271 e. The minimum Gasteiger partial charge on any atom is -0.274 e. The van der Waals surface area contributed by atoms with Crippen molar-refractivity contribution in [3.8, 4) is 0 Å². The SMILES string of the molecule is CCCCN1C(=O)c2sc3c(Br)sc(Br)c3c2C1=O. The maximum atomic E-state index is 12.4. The van der Waals surface area contributed by atoms with Gasteiger partial charge in [0.05, 0.1) is 17.8 Å². The van der Waals surface area contributed by atoms with E-state index in [1.54, 1.807) is 0 Å². The molecule has 2 aromatic rings. The van der Waals surface area contributed by atoms with Crippen LogP contribution in [0.3, 0.4) is 0 Å². The van der Waals surface area contributed by atoms with Crippen LogP contribution in [0.1, 0.15) is 39.8 Å². The van der Waals surface area contributed by atoms with Gasteiger partial charge in [-0.3, -0.25) is 14.5 Å². The summed E-state index contributed by atoms with van der Waals surface area (Å²) in [5.74, 6) is -0.288. The van der Waals surface area contributed by atoms with E-state index < -0.39 is 0 Å². The molecule has 3 rings (SSSR count). The Hall–Kier alpha value is -0.240. The number of carbonyl (C=O) groups is 2. The molecule has 2 amide bonds. The summed E-state index contributed by atoms with van der Waals surface area (Å²) in [7, 11) is 0. The Bertz CT molecular complexity index is 704. The molecular formula is C12H9Br2NO2S2. The third-order valence-corrected chi connectivity index (χ3v) is 7.21. The second-order valence-corrected chi connectivity index (χ2v) is 8.95. The molecule has 100 valence electrons. The predicted octanol–water partition coefficient (Wildman–Crippen LogP) is 4.88. The standard InChI is InChI=1S/C12H9Br2NO2S2/c1-2-3-4-15-11(16)6-5-7(10(14)19-9(5)13)18-8(6)12(15)17/h2-4H2,1H3. The van der Waals surface area contributed by atoms with Crippen LogP contribution in [0, 0.1) is 0 Å². The number of thiophene rings is 2. The molecule has 7 heteroatoms. The number of halogens is 2. The summed E-state index contributed by atoms with van der Waals surface area (Å²) < 4.78 is 2.86. The first-order valence-electron chi connectivity index (χ1n) is 5.82. The van der Waals surface area contributed by atoms with Gasteiger partial charge in [0.15, 0.2) is 0 Å². The molecule has 0 saturated heterocycles. The first-order chi connectivity index (χ1) is 9.06. The molecule has 0 aliphatic carbocycles. The third kappa shape index (κ3) is 1.93. The topological polar surface area (TPSA) is 37.4 Å². The van der Waals surface area contributed by atoms with Gasteiger partial charge in [0, 0.05) is 11.9 Å². The van der Waals surface area contributed by atoms with Crippen LogP contribution in [0.2, 0.25) is 0 Å². The van der Waals surface area contributed by atoms with Crippen molar-refractivity contribution in [1.82, 2.24) is 4.90 Å². The Kier molecular flexibility index (Phi) is 3.57. The molecule has 1 aliphatic rings. The van der Waals surface area contributed by atoms with Crippen LogP contribution in [-0.4, -0.2) is 23.3 Å². The Morgan fingerprint density at radius 3 is 2.53 bits per heavy atom. The van der Waals surface area contributed by atoms with E-state index in [9.17, 15) is 9.59 Å². The fourth-order valence-corrected chi connectivity index (χ4v) is 6.80. The van der Waals surface area contributed by atoms with Crippen molar-refractivity contribution in [3.05, 3.63) is 18.0 Å². The van der Waals surface area contributed by atoms with Crippen molar-refractivity contribution in [3.63, 3.8) is 0 Å². The van der Waals surface area contributed by atoms with Gasteiger partial charge >= 0.3 is 0 Å². The zero-order chi connectivity index (χ0) is 13.7. The van der Waals surface area contributed by atoms with Crippen molar-refractivity contribution in [2.24, 2.45) is 0 Å². The summed E-state index contributed by atoms with van der Waals surface area (Å²) in [5.41, 5.74) is 0.579. The van der Waals surface area contributed by atoms with Crippen molar-refractivity contribution < 1.29 is 9.59 Å². The Balaban J connectivity index is 2.14. The van der Waals surface area contributed by atoms with Gasteiger partial charge in [-0.15, -0.1) is 22.7 Å². The molecule has 3 nitrogen and oxygen atoms in total. The highest BCUT2D eigenvalue weighted by Crippen LogP contribution is 2.48. The zero-order valence-electron chi connectivity index (χ0n) is 9.96. The normalized spacial score (nSPS) is 14.8. The molecular weight excluding hydrogens is 414 g/mol. The highest BCUT2D eigenvalue weighted by Gasteiger charge is 2.40. The molecule has 0 saturated carbocycles. The van der Waals surface area contributed by atoms with Crippen LogP contribution in [0.15, 0.2) is 7.57 Å². The lowest BCUT2D eigenvalue weighted by Gasteiger charge is -2.12. The summed E-state index contributed by atoms with van der Waals surface area (Å²) in [6.07, 6.45) is 1.82. The second kappa shape index (κ2) is 4.95. The highest BCUT2D eigenvalue weighted by molar-refractivity contribution is 9.12. The Morgan fingerprint density at radius 2 is 1.84 bits per heavy atom. The van der Waals surface area contributed by atoms with Crippen LogP contribution < -0.4 is 0 Å². The summed E-state index contributed by atoms with van der Waals surface area (Å²) in [6, 6.07) is 0. The largest absolute Gasteiger partial charge is 0.274 e. The molecule has 0 N–H and O–H groups in total. The lowest BCUT2D eigenvalue weighted by atomic mass is 10.2.